The van der Waals surface area contributed by atoms with Crippen LogP contribution in [0.3, 0.4) is 0 Å². The number of ether oxygens (including phenoxy) is 2. The summed E-state index contributed by atoms with van der Waals surface area (Å²) < 4.78 is 11.8. The highest BCUT2D eigenvalue weighted by Gasteiger charge is 2.20. The highest BCUT2D eigenvalue weighted by molar-refractivity contribution is 5.33. The second-order valence-electron chi connectivity index (χ2n) is 3.78. The Labute approximate surface area is 96.0 Å². The topological polar surface area (TPSA) is 56.5 Å². The van der Waals surface area contributed by atoms with Crippen molar-refractivity contribution in [1.82, 2.24) is 9.78 Å². The zero-order valence-electron chi connectivity index (χ0n) is 10.4. The molecule has 5 nitrogen and oxygen atoms in total. The average molecular weight is 228 g/mol. The van der Waals surface area contributed by atoms with Crippen molar-refractivity contribution < 1.29 is 14.6 Å². The van der Waals surface area contributed by atoms with E-state index >= 15 is 0 Å². The van der Waals surface area contributed by atoms with Gasteiger partial charge in [-0.25, -0.2) is 4.68 Å². The van der Waals surface area contributed by atoms with Crippen molar-refractivity contribution in [2.75, 3.05) is 20.8 Å². The van der Waals surface area contributed by atoms with Crippen LogP contribution in [-0.2, 0) is 11.8 Å². The molecular formula is C11H20N2O3. The summed E-state index contributed by atoms with van der Waals surface area (Å²) in [4.78, 5) is 0. The molecule has 0 saturated carbocycles. The lowest BCUT2D eigenvalue weighted by molar-refractivity contribution is 0.133. The first-order valence-electron chi connectivity index (χ1n) is 5.36. The van der Waals surface area contributed by atoms with Gasteiger partial charge in [-0.05, 0) is 19.8 Å². The summed E-state index contributed by atoms with van der Waals surface area (Å²) in [6.07, 6.45) is 0.921. The largest absolute Gasteiger partial charge is 0.481 e. The standard InChI is InChI=1S/C11H20N2O3/c1-8-10(9(14)6-5-7-15-3)11(16-4)13(2)12-8/h9,14H,5-7H2,1-4H3. The molecule has 1 unspecified atom stereocenters. The second-order valence-corrected chi connectivity index (χ2v) is 3.78. The molecule has 0 amide bonds. The third kappa shape index (κ3) is 2.74. The maximum atomic E-state index is 10.1. The summed E-state index contributed by atoms with van der Waals surface area (Å²) in [5, 5.41) is 14.3. The van der Waals surface area contributed by atoms with Gasteiger partial charge in [-0.15, -0.1) is 0 Å². The zero-order valence-corrected chi connectivity index (χ0v) is 10.4. The van der Waals surface area contributed by atoms with Crippen LogP contribution in [0, 0.1) is 6.92 Å². The summed E-state index contributed by atoms with van der Waals surface area (Å²) in [5.74, 6) is 0.627. The second kappa shape index (κ2) is 5.86. The van der Waals surface area contributed by atoms with Gasteiger partial charge in [0.2, 0.25) is 5.88 Å². The molecule has 0 saturated heterocycles. The van der Waals surface area contributed by atoms with Crippen LogP contribution in [0.4, 0.5) is 0 Å². The molecule has 92 valence electrons. The van der Waals surface area contributed by atoms with E-state index in [4.69, 9.17) is 9.47 Å². The predicted octanol–water partition coefficient (Wildman–Crippen LogP) is 1.20. The first-order valence-corrected chi connectivity index (χ1v) is 5.36. The van der Waals surface area contributed by atoms with E-state index in [1.54, 1.807) is 25.9 Å². The molecule has 1 heterocycles. The third-order valence-corrected chi connectivity index (χ3v) is 2.57. The van der Waals surface area contributed by atoms with Crippen molar-refractivity contribution >= 4 is 0 Å². The van der Waals surface area contributed by atoms with Gasteiger partial charge < -0.3 is 14.6 Å². The van der Waals surface area contributed by atoms with Gasteiger partial charge in [-0.2, -0.15) is 5.10 Å². The van der Waals surface area contributed by atoms with E-state index in [0.29, 0.717) is 18.9 Å². The first-order chi connectivity index (χ1) is 7.61. The quantitative estimate of drug-likeness (QED) is 0.743. The monoisotopic (exact) mass is 228 g/mol. The number of rotatable bonds is 6. The molecule has 0 radical (unpaired) electrons. The fourth-order valence-electron chi connectivity index (χ4n) is 1.84. The van der Waals surface area contributed by atoms with Crippen LogP contribution in [0.5, 0.6) is 5.88 Å². The Hall–Kier alpha value is -1.07. The number of hydrogen-bond acceptors (Lipinski definition) is 4. The van der Waals surface area contributed by atoms with E-state index in [-0.39, 0.29) is 0 Å². The van der Waals surface area contributed by atoms with Gasteiger partial charge in [0.25, 0.3) is 0 Å². The summed E-state index contributed by atoms with van der Waals surface area (Å²) in [5.41, 5.74) is 1.59. The van der Waals surface area contributed by atoms with E-state index in [1.807, 2.05) is 6.92 Å². The van der Waals surface area contributed by atoms with Gasteiger partial charge in [-0.3, -0.25) is 0 Å². The van der Waals surface area contributed by atoms with Gasteiger partial charge in [0.1, 0.15) is 0 Å². The minimum Gasteiger partial charge on any atom is -0.481 e. The van der Waals surface area contributed by atoms with E-state index in [1.165, 1.54) is 0 Å². The molecular weight excluding hydrogens is 208 g/mol. The average Bonchev–Trinajstić information content (AvgIpc) is 2.53. The highest BCUT2D eigenvalue weighted by Crippen LogP contribution is 2.30. The first kappa shape index (κ1) is 13.0. The van der Waals surface area contributed by atoms with Crippen molar-refractivity contribution in [1.29, 1.82) is 0 Å². The molecule has 0 fully saturated rings. The number of aliphatic hydroxyl groups excluding tert-OH is 1. The van der Waals surface area contributed by atoms with Gasteiger partial charge >= 0.3 is 0 Å². The number of hydrogen-bond donors (Lipinski definition) is 1. The van der Waals surface area contributed by atoms with Gasteiger partial charge in [-0.1, -0.05) is 0 Å². The maximum Gasteiger partial charge on any atom is 0.217 e. The molecule has 1 rings (SSSR count). The third-order valence-electron chi connectivity index (χ3n) is 2.57. The Morgan fingerprint density at radius 1 is 1.44 bits per heavy atom. The van der Waals surface area contributed by atoms with Crippen molar-refractivity contribution in [2.24, 2.45) is 7.05 Å². The highest BCUT2D eigenvalue weighted by atomic mass is 16.5. The fraction of sp³-hybridized carbons (Fsp3) is 0.727. The minimum atomic E-state index is -0.543. The normalized spacial score (nSPS) is 12.8. The van der Waals surface area contributed by atoms with Gasteiger partial charge in [0, 0.05) is 20.8 Å². The number of nitrogens with zero attached hydrogens (tertiary/aromatic N) is 2. The molecule has 0 aliphatic carbocycles. The molecule has 0 aliphatic rings. The predicted molar refractivity (Wildman–Crippen MR) is 60.6 cm³/mol. The van der Waals surface area contributed by atoms with Crippen molar-refractivity contribution in [3.8, 4) is 5.88 Å². The van der Waals surface area contributed by atoms with Gasteiger partial charge in [0.05, 0.1) is 24.5 Å². The molecule has 1 aromatic heterocycles. The lowest BCUT2D eigenvalue weighted by Crippen LogP contribution is -2.03. The number of methoxy groups -OCH3 is 2. The van der Waals surface area contributed by atoms with Crippen LogP contribution >= 0.6 is 0 Å². The van der Waals surface area contributed by atoms with E-state index in [9.17, 15) is 5.11 Å². The SMILES string of the molecule is COCCCC(O)c1c(C)nn(C)c1OC. The molecule has 1 atom stereocenters. The molecule has 0 spiro atoms. The Morgan fingerprint density at radius 3 is 2.69 bits per heavy atom. The summed E-state index contributed by atoms with van der Waals surface area (Å²) in [7, 11) is 5.04. The Balaban J connectivity index is 2.77. The Morgan fingerprint density at radius 2 is 2.12 bits per heavy atom. The smallest absolute Gasteiger partial charge is 0.217 e. The minimum absolute atomic E-state index is 0.543. The summed E-state index contributed by atoms with van der Waals surface area (Å²) in [6.45, 7) is 2.52. The lowest BCUT2D eigenvalue weighted by Gasteiger charge is -2.11. The van der Waals surface area contributed by atoms with E-state index in [0.717, 1.165) is 17.7 Å². The Kier molecular flexibility index (Phi) is 4.76. The van der Waals surface area contributed by atoms with E-state index < -0.39 is 6.10 Å². The number of aliphatic hydroxyl groups is 1. The van der Waals surface area contributed by atoms with Gasteiger partial charge in [0.15, 0.2) is 0 Å². The summed E-state index contributed by atoms with van der Waals surface area (Å²) in [6, 6.07) is 0. The van der Waals surface area contributed by atoms with Crippen molar-refractivity contribution in [3.05, 3.63) is 11.3 Å². The molecule has 16 heavy (non-hydrogen) atoms. The summed E-state index contributed by atoms with van der Waals surface area (Å²) >= 11 is 0. The van der Waals surface area contributed by atoms with E-state index in [2.05, 4.69) is 5.10 Å². The maximum absolute atomic E-state index is 10.1. The van der Waals surface area contributed by atoms with Crippen LogP contribution in [0.25, 0.3) is 0 Å². The van der Waals surface area contributed by atoms with Crippen LogP contribution in [0.15, 0.2) is 0 Å². The molecule has 1 aromatic rings. The molecule has 0 bridgehead atoms. The molecule has 0 aromatic carbocycles. The van der Waals surface area contributed by atoms with Crippen LogP contribution in [0.2, 0.25) is 0 Å². The number of aromatic nitrogens is 2. The molecule has 0 aliphatic heterocycles. The van der Waals surface area contributed by atoms with Crippen LogP contribution < -0.4 is 4.74 Å². The molecule has 1 N–H and O–H groups in total. The fourth-order valence-corrected chi connectivity index (χ4v) is 1.84. The van der Waals surface area contributed by atoms with Crippen molar-refractivity contribution in [2.45, 2.75) is 25.9 Å². The van der Waals surface area contributed by atoms with Crippen LogP contribution in [-0.4, -0.2) is 35.7 Å². The Bertz CT molecular complexity index is 336. The zero-order chi connectivity index (χ0) is 12.1. The molecule has 5 heteroatoms. The lowest BCUT2D eigenvalue weighted by atomic mass is 10.1. The number of aryl methyl sites for hydroxylation is 2. The van der Waals surface area contributed by atoms with Crippen LogP contribution in [0.1, 0.15) is 30.2 Å². The van der Waals surface area contributed by atoms with Crippen molar-refractivity contribution in [3.63, 3.8) is 0 Å².